The van der Waals surface area contributed by atoms with Gasteiger partial charge in [0.15, 0.2) is 0 Å². The highest BCUT2D eigenvalue weighted by Gasteiger charge is 2.36. The molecule has 2 N–H and O–H groups in total. The van der Waals surface area contributed by atoms with Crippen LogP contribution in [0.25, 0.3) is 0 Å². The van der Waals surface area contributed by atoms with E-state index < -0.39 is 5.82 Å². The van der Waals surface area contributed by atoms with Crippen LogP contribution in [0.3, 0.4) is 0 Å². The minimum Gasteiger partial charge on any atom is -0.396 e. The maximum absolute atomic E-state index is 13.3. The molecule has 0 aliphatic heterocycles. The van der Waals surface area contributed by atoms with Crippen molar-refractivity contribution >= 4 is 23.2 Å². The molecule has 3 atom stereocenters. The highest BCUT2D eigenvalue weighted by molar-refractivity contribution is 6.31. The first-order chi connectivity index (χ1) is 12.4. The van der Waals surface area contributed by atoms with Crippen LogP contribution in [0.1, 0.15) is 48.3 Å². The van der Waals surface area contributed by atoms with E-state index in [-0.39, 0.29) is 29.4 Å². The van der Waals surface area contributed by atoms with E-state index in [1.807, 2.05) is 0 Å². The fourth-order valence-electron chi connectivity index (χ4n) is 3.95. The number of anilines is 1. The van der Waals surface area contributed by atoms with E-state index in [0.717, 1.165) is 25.0 Å². The van der Waals surface area contributed by atoms with E-state index in [2.05, 4.69) is 17.2 Å². The number of rotatable bonds is 5. The van der Waals surface area contributed by atoms with Crippen molar-refractivity contribution in [1.82, 2.24) is 9.55 Å². The third kappa shape index (κ3) is 3.62. The predicted molar refractivity (Wildman–Crippen MR) is 98.9 cm³/mol. The Bertz CT molecular complexity index is 796. The van der Waals surface area contributed by atoms with Crippen LogP contribution in [0.15, 0.2) is 24.5 Å². The van der Waals surface area contributed by atoms with Crippen LogP contribution >= 0.6 is 11.6 Å². The quantitative estimate of drug-likeness (QED) is 0.825. The van der Waals surface area contributed by atoms with Crippen LogP contribution in [-0.4, -0.2) is 27.2 Å². The molecule has 1 aliphatic carbocycles. The number of hydrogen-bond acceptors (Lipinski definition) is 3. The van der Waals surface area contributed by atoms with E-state index in [9.17, 15) is 14.3 Å². The summed E-state index contributed by atoms with van der Waals surface area (Å²) in [5.41, 5.74) is 1.68. The standard InChI is InChI=1S/C19H23ClFN3O2/c1-3-11-6-12(7-13(11)9-25)17-18(24(2)10-22-17)19(26)23-14-4-5-16(21)15(20)8-14/h4-5,8,10-13,25H,3,6-7,9H2,1-2H3,(H,23,26)/t11?,12-,13?/m1/s1. The Labute approximate surface area is 157 Å². The zero-order chi connectivity index (χ0) is 18.8. The van der Waals surface area contributed by atoms with Crippen molar-refractivity contribution in [2.24, 2.45) is 18.9 Å². The van der Waals surface area contributed by atoms with Gasteiger partial charge in [-0.15, -0.1) is 0 Å². The third-order valence-corrected chi connectivity index (χ3v) is 5.63. The molecule has 7 heteroatoms. The molecule has 1 aromatic heterocycles. The zero-order valence-corrected chi connectivity index (χ0v) is 15.6. The number of aliphatic hydroxyl groups excluding tert-OH is 1. The van der Waals surface area contributed by atoms with Gasteiger partial charge in [-0.3, -0.25) is 4.79 Å². The lowest BCUT2D eigenvalue weighted by atomic mass is 9.95. The van der Waals surface area contributed by atoms with Gasteiger partial charge in [-0.05, 0) is 42.9 Å². The lowest BCUT2D eigenvalue weighted by Gasteiger charge is -2.13. The number of carbonyl (C=O) groups excluding carboxylic acids is 1. The number of halogens is 2. The Balaban J connectivity index is 1.83. The summed E-state index contributed by atoms with van der Waals surface area (Å²) < 4.78 is 15.0. The van der Waals surface area contributed by atoms with E-state index >= 15 is 0 Å². The number of imidazole rings is 1. The van der Waals surface area contributed by atoms with Gasteiger partial charge in [-0.1, -0.05) is 24.9 Å². The van der Waals surface area contributed by atoms with E-state index in [1.165, 1.54) is 18.2 Å². The van der Waals surface area contributed by atoms with Gasteiger partial charge in [-0.25, -0.2) is 9.37 Å². The molecular formula is C19H23ClFN3O2. The first-order valence-corrected chi connectivity index (χ1v) is 9.20. The van der Waals surface area contributed by atoms with Gasteiger partial charge < -0.3 is 15.0 Å². The fourth-order valence-corrected chi connectivity index (χ4v) is 4.13. The highest BCUT2D eigenvalue weighted by Crippen LogP contribution is 2.44. The predicted octanol–water partition coefficient (Wildman–Crippen LogP) is 3.98. The van der Waals surface area contributed by atoms with E-state index in [1.54, 1.807) is 17.9 Å². The van der Waals surface area contributed by atoms with E-state index in [0.29, 0.717) is 17.3 Å². The molecule has 5 nitrogen and oxygen atoms in total. The van der Waals surface area contributed by atoms with Crippen molar-refractivity contribution < 1.29 is 14.3 Å². The van der Waals surface area contributed by atoms with Crippen LogP contribution in [0.5, 0.6) is 0 Å². The number of carbonyl (C=O) groups is 1. The van der Waals surface area contributed by atoms with Gasteiger partial charge in [0.05, 0.1) is 17.0 Å². The minimum atomic E-state index is -0.530. The van der Waals surface area contributed by atoms with Crippen molar-refractivity contribution in [3.05, 3.63) is 46.8 Å². The van der Waals surface area contributed by atoms with Gasteiger partial charge in [0, 0.05) is 25.3 Å². The average Bonchev–Trinajstić information content (AvgIpc) is 3.20. The maximum Gasteiger partial charge on any atom is 0.274 e. The molecule has 140 valence electrons. The molecule has 1 heterocycles. The summed E-state index contributed by atoms with van der Waals surface area (Å²) >= 11 is 5.78. The number of aromatic nitrogens is 2. The zero-order valence-electron chi connectivity index (χ0n) is 14.9. The SMILES string of the molecule is CCC1C[C@@H](c2ncn(C)c2C(=O)Nc2ccc(F)c(Cl)c2)CC1CO. The molecular weight excluding hydrogens is 357 g/mol. The second-order valence-corrected chi connectivity index (χ2v) is 7.36. The Kier molecular flexibility index (Phi) is 5.63. The Morgan fingerprint density at radius 2 is 2.15 bits per heavy atom. The smallest absolute Gasteiger partial charge is 0.274 e. The van der Waals surface area contributed by atoms with Gasteiger partial charge in [0.25, 0.3) is 5.91 Å². The molecule has 26 heavy (non-hydrogen) atoms. The number of nitrogens with one attached hydrogen (secondary N) is 1. The van der Waals surface area contributed by atoms with Crippen molar-refractivity contribution in [1.29, 1.82) is 0 Å². The van der Waals surface area contributed by atoms with Crippen molar-refractivity contribution in [3.8, 4) is 0 Å². The molecule has 1 aliphatic rings. The number of nitrogens with zero attached hydrogens (tertiary/aromatic N) is 2. The van der Waals surface area contributed by atoms with Gasteiger partial charge >= 0.3 is 0 Å². The molecule has 0 spiro atoms. The minimum absolute atomic E-state index is 0.0413. The lowest BCUT2D eigenvalue weighted by molar-refractivity contribution is 0.101. The second-order valence-electron chi connectivity index (χ2n) is 6.95. The summed E-state index contributed by atoms with van der Waals surface area (Å²) in [6.07, 6.45) is 4.38. The molecule has 1 amide bonds. The molecule has 2 aromatic rings. The van der Waals surface area contributed by atoms with Gasteiger partial charge in [0.1, 0.15) is 11.5 Å². The summed E-state index contributed by atoms with van der Waals surface area (Å²) in [4.78, 5) is 17.3. The fraction of sp³-hybridized carbons (Fsp3) is 0.474. The summed E-state index contributed by atoms with van der Waals surface area (Å²) in [6, 6.07) is 4.08. The van der Waals surface area contributed by atoms with E-state index in [4.69, 9.17) is 11.6 Å². The number of aryl methyl sites for hydroxylation is 1. The lowest BCUT2D eigenvalue weighted by Crippen LogP contribution is -2.18. The Hall–Kier alpha value is -1.92. The molecule has 2 unspecified atom stereocenters. The normalized spacial score (nSPS) is 22.6. The van der Waals surface area contributed by atoms with Crippen LogP contribution < -0.4 is 5.32 Å². The summed E-state index contributed by atoms with van der Waals surface area (Å²) in [5.74, 6) is 0.00849. The molecule has 0 radical (unpaired) electrons. The van der Waals surface area contributed by atoms with Crippen LogP contribution in [0.4, 0.5) is 10.1 Å². The highest BCUT2D eigenvalue weighted by atomic mass is 35.5. The van der Waals surface area contributed by atoms with Gasteiger partial charge in [0.2, 0.25) is 0 Å². The van der Waals surface area contributed by atoms with Crippen molar-refractivity contribution in [2.75, 3.05) is 11.9 Å². The summed E-state index contributed by atoms with van der Waals surface area (Å²) in [7, 11) is 1.78. The molecule has 1 aromatic carbocycles. The largest absolute Gasteiger partial charge is 0.396 e. The maximum atomic E-state index is 13.3. The van der Waals surface area contributed by atoms with Crippen LogP contribution in [0, 0.1) is 17.7 Å². The number of amides is 1. The van der Waals surface area contributed by atoms with Gasteiger partial charge in [-0.2, -0.15) is 0 Å². The van der Waals surface area contributed by atoms with Crippen LogP contribution in [-0.2, 0) is 7.05 Å². The Morgan fingerprint density at radius 3 is 2.77 bits per heavy atom. The van der Waals surface area contributed by atoms with Crippen LogP contribution in [0.2, 0.25) is 5.02 Å². The first-order valence-electron chi connectivity index (χ1n) is 8.83. The summed E-state index contributed by atoms with van der Waals surface area (Å²) in [6.45, 7) is 2.29. The molecule has 1 saturated carbocycles. The number of benzene rings is 1. The third-order valence-electron chi connectivity index (χ3n) is 5.34. The topological polar surface area (TPSA) is 67.2 Å². The first kappa shape index (κ1) is 18.9. The number of aliphatic hydroxyl groups is 1. The second kappa shape index (κ2) is 7.76. The average molecular weight is 380 g/mol. The Morgan fingerprint density at radius 1 is 1.42 bits per heavy atom. The molecule has 0 bridgehead atoms. The molecule has 1 fully saturated rings. The monoisotopic (exact) mass is 379 g/mol. The van der Waals surface area contributed by atoms with Crippen molar-refractivity contribution in [2.45, 2.75) is 32.1 Å². The molecule has 3 rings (SSSR count). The van der Waals surface area contributed by atoms with Crippen molar-refractivity contribution in [3.63, 3.8) is 0 Å². The molecule has 0 saturated heterocycles. The number of hydrogen-bond donors (Lipinski definition) is 2. The summed E-state index contributed by atoms with van der Waals surface area (Å²) in [5, 5.41) is 12.3.